The molecular formula is C11H12S. The molecule has 0 saturated carbocycles. The third-order valence-corrected chi connectivity index (χ3v) is 3.05. The average Bonchev–Trinajstić information content (AvgIpc) is 2.21. The van der Waals surface area contributed by atoms with E-state index in [1.54, 1.807) is 0 Å². The van der Waals surface area contributed by atoms with Crippen LogP contribution >= 0.6 is 11.8 Å². The van der Waals surface area contributed by atoms with Crippen LogP contribution in [0.2, 0.25) is 0 Å². The topological polar surface area (TPSA) is 0 Å². The van der Waals surface area contributed by atoms with Crippen LogP contribution in [0.15, 0.2) is 35.7 Å². The van der Waals surface area contributed by atoms with Gasteiger partial charge in [0.2, 0.25) is 0 Å². The Morgan fingerprint density at radius 1 is 1.08 bits per heavy atom. The molecule has 1 aliphatic rings. The number of thioether (sulfide) groups is 1. The molecule has 1 aromatic carbocycles. The van der Waals surface area contributed by atoms with Crippen LogP contribution in [0.1, 0.15) is 18.4 Å². The third kappa shape index (κ3) is 1.72. The number of allylic oxidation sites excluding steroid dienone is 1. The Balaban J connectivity index is 2.24. The summed E-state index contributed by atoms with van der Waals surface area (Å²) in [5, 5.41) is 2.30. The molecule has 0 saturated heterocycles. The molecule has 62 valence electrons. The highest BCUT2D eigenvalue weighted by Crippen LogP contribution is 2.28. The molecule has 1 heterocycles. The summed E-state index contributed by atoms with van der Waals surface area (Å²) < 4.78 is 0. The van der Waals surface area contributed by atoms with Crippen molar-refractivity contribution in [2.24, 2.45) is 0 Å². The lowest BCUT2D eigenvalue weighted by molar-refractivity contribution is 0.982. The molecule has 12 heavy (non-hydrogen) atoms. The van der Waals surface area contributed by atoms with Gasteiger partial charge in [0.05, 0.1) is 0 Å². The fourth-order valence-electron chi connectivity index (χ4n) is 1.43. The van der Waals surface area contributed by atoms with Crippen molar-refractivity contribution in [3.63, 3.8) is 0 Å². The van der Waals surface area contributed by atoms with Gasteiger partial charge in [-0.05, 0) is 35.1 Å². The summed E-state index contributed by atoms with van der Waals surface area (Å²) in [6.07, 6.45) is 2.57. The molecule has 0 bridgehead atoms. The van der Waals surface area contributed by atoms with Crippen LogP contribution in [-0.2, 0) is 0 Å². The molecular weight excluding hydrogens is 164 g/mol. The zero-order valence-corrected chi connectivity index (χ0v) is 7.81. The Kier molecular flexibility index (Phi) is 2.52. The van der Waals surface area contributed by atoms with Crippen molar-refractivity contribution < 1.29 is 0 Å². The van der Waals surface area contributed by atoms with Gasteiger partial charge in [-0.1, -0.05) is 30.3 Å². The van der Waals surface area contributed by atoms with Gasteiger partial charge in [-0.2, -0.15) is 0 Å². The van der Waals surface area contributed by atoms with Crippen molar-refractivity contribution in [1.29, 1.82) is 0 Å². The summed E-state index contributed by atoms with van der Waals surface area (Å²) in [6, 6.07) is 10.7. The van der Waals surface area contributed by atoms with Crippen LogP contribution in [0.25, 0.3) is 5.57 Å². The van der Waals surface area contributed by atoms with Crippen molar-refractivity contribution in [2.45, 2.75) is 12.8 Å². The largest absolute Gasteiger partial charge is 0.134 e. The van der Waals surface area contributed by atoms with Gasteiger partial charge in [0, 0.05) is 0 Å². The first kappa shape index (κ1) is 7.93. The van der Waals surface area contributed by atoms with E-state index in [-0.39, 0.29) is 0 Å². The lowest BCUT2D eigenvalue weighted by Crippen LogP contribution is -1.90. The van der Waals surface area contributed by atoms with Crippen molar-refractivity contribution in [3.05, 3.63) is 41.3 Å². The monoisotopic (exact) mass is 176 g/mol. The van der Waals surface area contributed by atoms with E-state index >= 15 is 0 Å². The van der Waals surface area contributed by atoms with Gasteiger partial charge in [0.1, 0.15) is 0 Å². The lowest BCUT2D eigenvalue weighted by Gasteiger charge is -2.11. The Hall–Kier alpha value is -0.690. The van der Waals surface area contributed by atoms with Gasteiger partial charge >= 0.3 is 0 Å². The maximum absolute atomic E-state index is 2.30. The van der Waals surface area contributed by atoms with E-state index in [1.165, 1.54) is 29.7 Å². The van der Waals surface area contributed by atoms with Gasteiger partial charge < -0.3 is 0 Å². The molecule has 0 atom stereocenters. The second-order valence-electron chi connectivity index (χ2n) is 2.98. The first-order valence-electron chi connectivity index (χ1n) is 4.33. The highest BCUT2D eigenvalue weighted by Gasteiger charge is 2.04. The molecule has 1 aliphatic heterocycles. The van der Waals surface area contributed by atoms with Crippen molar-refractivity contribution in [2.75, 3.05) is 5.75 Å². The van der Waals surface area contributed by atoms with E-state index in [9.17, 15) is 0 Å². The van der Waals surface area contributed by atoms with Crippen LogP contribution in [0, 0.1) is 0 Å². The van der Waals surface area contributed by atoms with Crippen LogP contribution < -0.4 is 0 Å². The molecule has 1 heteroatoms. The quantitative estimate of drug-likeness (QED) is 0.630. The van der Waals surface area contributed by atoms with E-state index in [0.717, 1.165) is 0 Å². The van der Waals surface area contributed by atoms with Crippen molar-refractivity contribution in [3.8, 4) is 0 Å². The van der Waals surface area contributed by atoms with E-state index in [0.29, 0.717) is 0 Å². The minimum atomic E-state index is 1.25. The van der Waals surface area contributed by atoms with Gasteiger partial charge in [0.15, 0.2) is 0 Å². The highest BCUT2D eigenvalue weighted by atomic mass is 32.2. The van der Waals surface area contributed by atoms with Crippen LogP contribution in [0.3, 0.4) is 0 Å². The third-order valence-electron chi connectivity index (χ3n) is 2.08. The predicted molar refractivity (Wildman–Crippen MR) is 56.1 cm³/mol. The highest BCUT2D eigenvalue weighted by molar-refractivity contribution is 8.02. The molecule has 2 rings (SSSR count). The number of rotatable bonds is 1. The SMILES string of the molecule is C1=C(c2ccccc2)CCCS1. The Bertz CT molecular complexity index is 274. The standard InChI is InChI=1S/C11H12S/c1-2-5-10(6-3-1)11-7-4-8-12-9-11/h1-3,5-6,9H,4,7-8H2. The second kappa shape index (κ2) is 3.81. The van der Waals surface area contributed by atoms with Crippen LogP contribution in [0.4, 0.5) is 0 Å². The minimum absolute atomic E-state index is 1.25. The second-order valence-corrected chi connectivity index (χ2v) is 3.96. The minimum Gasteiger partial charge on any atom is -0.134 e. The molecule has 0 unspecified atom stereocenters. The van der Waals surface area contributed by atoms with Gasteiger partial charge in [0.25, 0.3) is 0 Å². The molecule has 0 nitrogen and oxygen atoms in total. The van der Waals surface area contributed by atoms with Gasteiger partial charge in [-0.15, -0.1) is 11.8 Å². The lowest BCUT2D eigenvalue weighted by atomic mass is 10.0. The van der Waals surface area contributed by atoms with E-state index in [1.807, 2.05) is 11.8 Å². The smallest absolute Gasteiger partial charge is 0.00227 e. The van der Waals surface area contributed by atoms with E-state index < -0.39 is 0 Å². The first-order valence-corrected chi connectivity index (χ1v) is 5.38. The molecule has 0 amide bonds. The van der Waals surface area contributed by atoms with Crippen molar-refractivity contribution in [1.82, 2.24) is 0 Å². The van der Waals surface area contributed by atoms with Gasteiger partial charge in [-0.3, -0.25) is 0 Å². The zero-order valence-electron chi connectivity index (χ0n) is 6.99. The summed E-state index contributed by atoms with van der Waals surface area (Å²) in [7, 11) is 0. The predicted octanol–water partition coefficient (Wildman–Crippen LogP) is 3.55. The number of benzene rings is 1. The summed E-state index contributed by atoms with van der Waals surface area (Å²) in [5.41, 5.74) is 2.90. The first-order chi connectivity index (χ1) is 5.97. The Labute approximate surface area is 77.7 Å². The van der Waals surface area contributed by atoms with E-state index in [4.69, 9.17) is 0 Å². The van der Waals surface area contributed by atoms with Crippen LogP contribution in [-0.4, -0.2) is 5.75 Å². The molecule has 1 aromatic rings. The van der Waals surface area contributed by atoms with Crippen molar-refractivity contribution >= 4 is 17.3 Å². The summed E-state index contributed by atoms with van der Waals surface area (Å²) in [5.74, 6) is 1.29. The summed E-state index contributed by atoms with van der Waals surface area (Å²) in [4.78, 5) is 0. The fraction of sp³-hybridized carbons (Fsp3) is 0.273. The maximum Gasteiger partial charge on any atom is -0.00227 e. The van der Waals surface area contributed by atoms with Gasteiger partial charge in [-0.25, -0.2) is 0 Å². The Morgan fingerprint density at radius 3 is 2.58 bits per heavy atom. The number of hydrogen-bond donors (Lipinski definition) is 0. The fourth-order valence-corrected chi connectivity index (χ4v) is 2.31. The molecule has 0 aliphatic carbocycles. The molecule has 0 radical (unpaired) electrons. The number of hydrogen-bond acceptors (Lipinski definition) is 1. The molecule has 0 aromatic heterocycles. The summed E-state index contributed by atoms with van der Waals surface area (Å²) >= 11 is 1.94. The Morgan fingerprint density at radius 2 is 1.92 bits per heavy atom. The average molecular weight is 176 g/mol. The zero-order chi connectivity index (χ0) is 8.23. The molecule has 0 N–H and O–H groups in total. The maximum atomic E-state index is 2.30. The molecule has 0 spiro atoms. The molecule has 0 fully saturated rings. The van der Waals surface area contributed by atoms with Crippen LogP contribution in [0.5, 0.6) is 0 Å². The normalized spacial score (nSPS) is 17.2. The summed E-state index contributed by atoms with van der Waals surface area (Å²) in [6.45, 7) is 0. The van der Waals surface area contributed by atoms with E-state index in [2.05, 4.69) is 35.7 Å².